The van der Waals surface area contributed by atoms with E-state index in [1.807, 2.05) is 24.3 Å². The largest absolute Gasteiger partial charge is 0.618 e. The van der Waals surface area contributed by atoms with Gasteiger partial charge in [0.15, 0.2) is 6.20 Å². The number of ether oxygens (including phenoxy) is 1. The summed E-state index contributed by atoms with van der Waals surface area (Å²) in [6, 6.07) is 17.1. The lowest BCUT2D eigenvalue weighted by Gasteiger charge is -2.12. The Hall–Kier alpha value is -2.72. The lowest BCUT2D eigenvalue weighted by molar-refractivity contribution is -0.592. The molecule has 0 atom stereocenters. The van der Waals surface area contributed by atoms with Crippen LogP contribution in [0.15, 0.2) is 54.7 Å². The second kappa shape index (κ2) is 6.18. The quantitative estimate of drug-likeness (QED) is 0.590. The molecule has 1 aromatic heterocycles. The van der Waals surface area contributed by atoms with Gasteiger partial charge >= 0.3 is 0 Å². The fraction of sp³-hybridized carbons (Fsp3) is 0.0556. The van der Waals surface area contributed by atoms with Crippen molar-refractivity contribution in [1.82, 2.24) is 0 Å². The number of hydrogen-bond donors (Lipinski definition) is 1. The summed E-state index contributed by atoms with van der Waals surface area (Å²) in [7, 11) is 1.58. The molecule has 115 valence electrons. The summed E-state index contributed by atoms with van der Waals surface area (Å²) in [5, 5.41) is 12.7. The smallest absolute Gasteiger partial charge is 0.247 e. The molecular formula is C18H14ClN2O2. The van der Waals surface area contributed by atoms with Crippen molar-refractivity contribution in [3.63, 3.8) is 0 Å². The summed E-state index contributed by atoms with van der Waals surface area (Å²) in [5.74, 6) is 0.657. The first-order valence-electron chi connectivity index (χ1n) is 6.94. The zero-order chi connectivity index (χ0) is 16.4. The number of nitrogen functional groups attached to an aromatic ring is 1. The molecule has 0 bridgehead atoms. The predicted octanol–water partition coefficient (Wildman–Crippen LogP) is 3.70. The Bertz CT molecular complexity index is 865. The topological polar surface area (TPSA) is 62.2 Å². The standard InChI is InChI=1S/C18H14ClN2O2/c1-23-15-7-3-5-13(11-15)18-17(20)16(8-9-21(18)22)12-4-2-6-14(19)10-12/h2-5,7-11H,20H2,1H3. The summed E-state index contributed by atoms with van der Waals surface area (Å²) in [5.41, 5.74) is 9.30. The summed E-state index contributed by atoms with van der Waals surface area (Å²) in [6.07, 6.45) is 1.44. The van der Waals surface area contributed by atoms with Crippen LogP contribution in [0.2, 0.25) is 5.02 Å². The number of rotatable bonds is 3. The molecule has 5 heteroatoms. The number of methoxy groups -OCH3 is 1. The molecule has 2 aromatic carbocycles. The Labute approximate surface area is 139 Å². The van der Waals surface area contributed by atoms with E-state index in [0.29, 0.717) is 27.7 Å². The van der Waals surface area contributed by atoms with Crippen LogP contribution in [0.1, 0.15) is 0 Å². The van der Waals surface area contributed by atoms with E-state index in [9.17, 15) is 5.21 Å². The highest BCUT2D eigenvalue weighted by Gasteiger charge is 2.18. The molecule has 0 spiro atoms. The third-order valence-electron chi connectivity index (χ3n) is 3.56. The molecule has 0 fully saturated rings. The van der Waals surface area contributed by atoms with Crippen molar-refractivity contribution in [2.45, 2.75) is 0 Å². The van der Waals surface area contributed by atoms with Crippen LogP contribution in [0.3, 0.4) is 0 Å². The lowest BCUT2D eigenvalue weighted by atomic mass is 10.0. The average molecular weight is 326 g/mol. The Balaban J connectivity index is 2.20. The summed E-state index contributed by atoms with van der Waals surface area (Å²) < 4.78 is 5.97. The van der Waals surface area contributed by atoms with Crippen LogP contribution < -0.4 is 15.2 Å². The molecule has 4 nitrogen and oxygen atoms in total. The van der Waals surface area contributed by atoms with Crippen LogP contribution in [0.5, 0.6) is 5.75 Å². The van der Waals surface area contributed by atoms with Gasteiger partial charge in [-0.15, -0.1) is 0 Å². The number of nitrogens with zero attached hydrogens (tertiary/aromatic N) is 1. The number of benzene rings is 2. The van der Waals surface area contributed by atoms with Crippen LogP contribution in [0.25, 0.3) is 22.4 Å². The Kier molecular flexibility index (Phi) is 4.08. The van der Waals surface area contributed by atoms with Gasteiger partial charge in [-0.25, -0.2) is 0 Å². The molecule has 0 unspecified atom stereocenters. The van der Waals surface area contributed by atoms with Crippen molar-refractivity contribution in [2.75, 3.05) is 12.8 Å². The van der Waals surface area contributed by atoms with Crippen molar-refractivity contribution in [3.8, 4) is 28.1 Å². The van der Waals surface area contributed by atoms with Crippen LogP contribution in [-0.4, -0.2) is 7.11 Å². The molecule has 0 saturated carbocycles. The van der Waals surface area contributed by atoms with E-state index in [1.165, 1.54) is 6.20 Å². The molecule has 0 amide bonds. The molecule has 0 aliphatic rings. The van der Waals surface area contributed by atoms with E-state index >= 15 is 0 Å². The van der Waals surface area contributed by atoms with Gasteiger partial charge in [0.2, 0.25) is 5.69 Å². The van der Waals surface area contributed by atoms with Crippen LogP contribution in [0, 0.1) is 11.3 Å². The van der Waals surface area contributed by atoms with Gasteiger partial charge in [-0.05, 0) is 29.8 Å². The van der Waals surface area contributed by atoms with Gasteiger partial charge in [-0.2, -0.15) is 4.73 Å². The average Bonchev–Trinajstić information content (AvgIpc) is 2.55. The maximum absolute atomic E-state index is 12.3. The number of halogens is 1. The van der Waals surface area contributed by atoms with E-state index in [0.717, 1.165) is 15.9 Å². The van der Waals surface area contributed by atoms with Gasteiger partial charge in [-0.1, -0.05) is 29.8 Å². The highest BCUT2D eigenvalue weighted by Crippen LogP contribution is 2.33. The lowest BCUT2D eigenvalue weighted by Crippen LogP contribution is -2.29. The first-order valence-corrected chi connectivity index (χ1v) is 7.31. The number of aromatic nitrogens is 1. The molecule has 2 N–H and O–H groups in total. The highest BCUT2D eigenvalue weighted by molar-refractivity contribution is 6.30. The normalized spacial score (nSPS) is 10.5. The summed E-state index contributed by atoms with van der Waals surface area (Å²) >= 11 is 5.99. The number of nitrogens with two attached hydrogens (primary N) is 1. The number of anilines is 1. The molecule has 1 radical (unpaired) electrons. The SMILES string of the molecule is COc1cccc(-c2c(N)c(-c3cc[c]c(Cl)c3)cc[n+]2[O-])c1. The van der Waals surface area contributed by atoms with E-state index in [1.54, 1.807) is 31.4 Å². The maximum Gasteiger partial charge on any atom is 0.247 e. The first-order chi connectivity index (χ1) is 11.1. The fourth-order valence-electron chi connectivity index (χ4n) is 2.46. The number of pyridine rings is 1. The van der Waals surface area contributed by atoms with Gasteiger partial charge in [0.05, 0.1) is 12.7 Å². The third kappa shape index (κ3) is 2.94. The molecule has 3 rings (SSSR count). The van der Waals surface area contributed by atoms with Crippen LogP contribution in [0.4, 0.5) is 5.69 Å². The molecule has 0 saturated heterocycles. The van der Waals surface area contributed by atoms with E-state index in [2.05, 4.69) is 6.07 Å². The van der Waals surface area contributed by atoms with Gasteiger partial charge in [0.1, 0.15) is 11.4 Å². The minimum absolute atomic E-state index is 0.380. The van der Waals surface area contributed by atoms with Crippen LogP contribution in [-0.2, 0) is 0 Å². The fourth-order valence-corrected chi connectivity index (χ4v) is 2.64. The van der Waals surface area contributed by atoms with Crippen molar-refractivity contribution in [3.05, 3.63) is 71.0 Å². The second-order valence-corrected chi connectivity index (χ2v) is 5.38. The number of hydrogen-bond acceptors (Lipinski definition) is 3. The van der Waals surface area contributed by atoms with Crippen molar-refractivity contribution in [2.24, 2.45) is 0 Å². The van der Waals surface area contributed by atoms with Crippen LogP contribution >= 0.6 is 11.6 Å². The van der Waals surface area contributed by atoms with Crippen molar-refractivity contribution >= 4 is 17.3 Å². The molecule has 1 heterocycles. The maximum atomic E-state index is 12.3. The van der Waals surface area contributed by atoms with Crippen molar-refractivity contribution < 1.29 is 9.47 Å². The molecule has 0 aliphatic carbocycles. The minimum Gasteiger partial charge on any atom is -0.618 e. The zero-order valence-corrected chi connectivity index (χ0v) is 13.2. The Morgan fingerprint density at radius 1 is 1.17 bits per heavy atom. The van der Waals surface area contributed by atoms with Gasteiger partial charge in [0, 0.05) is 22.7 Å². The van der Waals surface area contributed by atoms with Gasteiger partial charge in [-0.3, -0.25) is 0 Å². The van der Waals surface area contributed by atoms with Gasteiger partial charge in [0.25, 0.3) is 0 Å². The zero-order valence-electron chi connectivity index (χ0n) is 12.4. The summed E-state index contributed by atoms with van der Waals surface area (Å²) in [6.45, 7) is 0. The first kappa shape index (κ1) is 15.2. The molecule has 3 aromatic rings. The predicted molar refractivity (Wildman–Crippen MR) is 91.1 cm³/mol. The second-order valence-electron chi connectivity index (χ2n) is 4.97. The highest BCUT2D eigenvalue weighted by atomic mass is 35.5. The van der Waals surface area contributed by atoms with E-state index < -0.39 is 0 Å². The summed E-state index contributed by atoms with van der Waals surface area (Å²) in [4.78, 5) is 0. The molecule has 23 heavy (non-hydrogen) atoms. The van der Waals surface area contributed by atoms with Gasteiger partial charge < -0.3 is 15.7 Å². The minimum atomic E-state index is 0.380. The molecule has 0 aliphatic heterocycles. The third-order valence-corrected chi connectivity index (χ3v) is 3.78. The van der Waals surface area contributed by atoms with E-state index in [4.69, 9.17) is 22.1 Å². The monoisotopic (exact) mass is 325 g/mol. The Morgan fingerprint density at radius 2 is 2.00 bits per heavy atom. The van der Waals surface area contributed by atoms with E-state index in [-0.39, 0.29) is 0 Å². The van der Waals surface area contributed by atoms with Crippen molar-refractivity contribution in [1.29, 1.82) is 0 Å². The molecular weight excluding hydrogens is 312 g/mol. The Morgan fingerprint density at radius 3 is 2.74 bits per heavy atom.